The second-order valence-corrected chi connectivity index (χ2v) is 6.16. The van der Waals surface area contributed by atoms with Crippen molar-refractivity contribution in [1.29, 1.82) is 0 Å². The van der Waals surface area contributed by atoms with Crippen LogP contribution in [0.25, 0.3) is 0 Å². The van der Waals surface area contributed by atoms with Crippen LogP contribution in [0, 0.1) is 5.92 Å². The summed E-state index contributed by atoms with van der Waals surface area (Å²) in [5.74, 6) is -1.00. The lowest BCUT2D eigenvalue weighted by Crippen LogP contribution is -2.47. The van der Waals surface area contributed by atoms with E-state index in [2.05, 4.69) is 10.6 Å². The maximum atomic E-state index is 12.2. The van der Waals surface area contributed by atoms with Gasteiger partial charge in [-0.05, 0) is 24.3 Å². The smallest absolute Gasteiger partial charge is 0.408 e. The summed E-state index contributed by atoms with van der Waals surface area (Å²) in [4.78, 5) is 34.8. The fourth-order valence-corrected chi connectivity index (χ4v) is 2.05. The fraction of sp³-hybridized carbons (Fsp3) is 0.500. The minimum absolute atomic E-state index is 0.00326. The van der Waals surface area contributed by atoms with E-state index in [1.54, 1.807) is 0 Å². The molecule has 0 aliphatic carbocycles. The van der Waals surface area contributed by atoms with E-state index in [4.69, 9.17) is 9.84 Å². The van der Waals surface area contributed by atoms with E-state index in [1.165, 1.54) is 0 Å². The number of hydrogen-bond acceptors (Lipinski definition) is 4. The quantitative estimate of drug-likeness (QED) is 0.600. The maximum absolute atomic E-state index is 12.2. The summed E-state index contributed by atoms with van der Waals surface area (Å²) in [6.07, 6.45) is -0.168. The molecule has 0 heterocycles. The summed E-state index contributed by atoms with van der Waals surface area (Å²) in [5, 5.41) is 14.0. The fourth-order valence-electron chi connectivity index (χ4n) is 2.05. The number of carbonyl (C=O) groups excluding carboxylic acids is 2. The Morgan fingerprint density at radius 3 is 2.40 bits per heavy atom. The molecule has 1 aromatic carbocycles. The van der Waals surface area contributed by atoms with Crippen LogP contribution in [0.15, 0.2) is 30.3 Å². The Morgan fingerprint density at radius 2 is 1.80 bits per heavy atom. The third kappa shape index (κ3) is 9.34. The summed E-state index contributed by atoms with van der Waals surface area (Å²) in [7, 11) is 0. The molecule has 7 nitrogen and oxygen atoms in total. The number of rotatable bonds is 10. The molecular formula is C18H26N2O5. The van der Waals surface area contributed by atoms with Gasteiger partial charge in [-0.25, -0.2) is 4.79 Å². The van der Waals surface area contributed by atoms with E-state index in [1.807, 2.05) is 44.2 Å². The van der Waals surface area contributed by atoms with Gasteiger partial charge in [0.2, 0.25) is 5.91 Å². The average Bonchev–Trinajstić information content (AvgIpc) is 2.57. The molecule has 3 N–H and O–H groups in total. The zero-order valence-corrected chi connectivity index (χ0v) is 14.7. The SMILES string of the molecule is CC(C)CCNC(=O)[C@H](CCC(=O)O)NC(=O)OCc1ccccc1. The van der Waals surface area contributed by atoms with E-state index >= 15 is 0 Å². The molecule has 0 saturated carbocycles. The van der Waals surface area contributed by atoms with Crippen LogP contribution >= 0.6 is 0 Å². The Morgan fingerprint density at radius 1 is 1.12 bits per heavy atom. The third-order valence-electron chi connectivity index (χ3n) is 3.49. The first-order valence-electron chi connectivity index (χ1n) is 8.35. The van der Waals surface area contributed by atoms with Crippen molar-refractivity contribution in [2.45, 2.75) is 45.8 Å². The number of benzene rings is 1. The standard InChI is InChI=1S/C18H26N2O5/c1-13(2)10-11-19-17(23)15(8-9-16(21)22)20-18(24)25-12-14-6-4-3-5-7-14/h3-7,13,15H,8-12H2,1-2H3,(H,19,23)(H,20,24)(H,21,22)/t15-/m0/s1. The van der Waals surface area contributed by atoms with Gasteiger partial charge < -0.3 is 20.5 Å². The molecule has 1 aromatic rings. The topological polar surface area (TPSA) is 105 Å². The van der Waals surface area contributed by atoms with Gasteiger partial charge in [0.1, 0.15) is 12.6 Å². The summed E-state index contributed by atoms with van der Waals surface area (Å²) in [6, 6.07) is 8.20. The number of nitrogens with one attached hydrogen (secondary N) is 2. The predicted molar refractivity (Wildman–Crippen MR) is 92.9 cm³/mol. The Labute approximate surface area is 147 Å². The second kappa shape index (κ2) is 11.1. The minimum Gasteiger partial charge on any atom is -0.481 e. The van der Waals surface area contributed by atoms with Crippen LogP contribution in [0.3, 0.4) is 0 Å². The number of carbonyl (C=O) groups is 3. The summed E-state index contributed by atoms with van der Waals surface area (Å²) >= 11 is 0. The van der Waals surface area contributed by atoms with Crippen LogP contribution < -0.4 is 10.6 Å². The van der Waals surface area contributed by atoms with Crippen molar-refractivity contribution in [1.82, 2.24) is 10.6 Å². The van der Waals surface area contributed by atoms with Gasteiger partial charge >= 0.3 is 12.1 Å². The highest BCUT2D eigenvalue weighted by atomic mass is 16.5. The van der Waals surface area contributed by atoms with E-state index < -0.39 is 24.0 Å². The molecule has 0 radical (unpaired) electrons. The van der Waals surface area contributed by atoms with Crippen LogP contribution in [-0.4, -0.2) is 35.7 Å². The highest BCUT2D eigenvalue weighted by molar-refractivity contribution is 5.86. The lowest BCUT2D eigenvalue weighted by molar-refractivity contribution is -0.137. The van der Waals surface area contributed by atoms with E-state index in [0.717, 1.165) is 12.0 Å². The van der Waals surface area contributed by atoms with Gasteiger partial charge in [0.05, 0.1) is 0 Å². The van der Waals surface area contributed by atoms with Gasteiger partial charge in [0.25, 0.3) is 0 Å². The van der Waals surface area contributed by atoms with Crippen molar-refractivity contribution in [3.8, 4) is 0 Å². The number of carboxylic acid groups (broad SMARTS) is 1. The van der Waals surface area contributed by atoms with Crippen molar-refractivity contribution in [3.63, 3.8) is 0 Å². The van der Waals surface area contributed by atoms with Crippen LogP contribution in [0.5, 0.6) is 0 Å². The number of aliphatic carboxylic acids is 1. The monoisotopic (exact) mass is 350 g/mol. The Balaban J connectivity index is 2.51. The highest BCUT2D eigenvalue weighted by Crippen LogP contribution is 2.03. The first kappa shape index (κ1) is 20.5. The van der Waals surface area contributed by atoms with Crippen LogP contribution in [0.2, 0.25) is 0 Å². The van der Waals surface area contributed by atoms with E-state index in [-0.39, 0.29) is 19.4 Å². The predicted octanol–water partition coefficient (Wildman–Crippen LogP) is 2.31. The largest absolute Gasteiger partial charge is 0.481 e. The highest BCUT2D eigenvalue weighted by Gasteiger charge is 2.22. The molecule has 0 aliphatic rings. The van der Waals surface area contributed by atoms with Crippen molar-refractivity contribution in [2.75, 3.05) is 6.54 Å². The number of ether oxygens (including phenoxy) is 1. The zero-order chi connectivity index (χ0) is 18.7. The van der Waals surface area contributed by atoms with Crippen LogP contribution in [0.4, 0.5) is 4.79 Å². The molecule has 138 valence electrons. The van der Waals surface area contributed by atoms with E-state index in [9.17, 15) is 14.4 Å². The zero-order valence-electron chi connectivity index (χ0n) is 14.7. The summed E-state index contributed by atoms with van der Waals surface area (Å²) in [6.45, 7) is 4.62. The van der Waals surface area contributed by atoms with E-state index in [0.29, 0.717) is 12.5 Å². The van der Waals surface area contributed by atoms with Gasteiger partial charge in [0.15, 0.2) is 0 Å². The van der Waals surface area contributed by atoms with Crippen molar-refractivity contribution in [3.05, 3.63) is 35.9 Å². The summed E-state index contributed by atoms with van der Waals surface area (Å²) in [5.41, 5.74) is 0.820. The molecule has 0 fully saturated rings. The lowest BCUT2D eigenvalue weighted by Gasteiger charge is -2.18. The molecule has 0 aromatic heterocycles. The molecular weight excluding hydrogens is 324 g/mol. The molecule has 1 rings (SSSR count). The third-order valence-corrected chi connectivity index (χ3v) is 3.49. The first-order chi connectivity index (χ1) is 11.9. The van der Waals surface area contributed by atoms with Crippen LogP contribution in [0.1, 0.15) is 38.7 Å². The van der Waals surface area contributed by atoms with Crippen molar-refractivity contribution >= 4 is 18.0 Å². The molecule has 25 heavy (non-hydrogen) atoms. The summed E-state index contributed by atoms with van der Waals surface area (Å²) < 4.78 is 5.08. The Bertz CT molecular complexity index is 560. The van der Waals surface area contributed by atoms with Crippen molar-refractivity contribution in [2.24, 2.45) is 5.92 Å². The molecule has 0 bridgehead atoms. The number of carboxylic acids is 1. The van der Waals surface area contributed by atoms with Crippen molar-refractivity contribution < 1.29 is 24.2 Å². The number of alkyl carbamates (subject to hydrolysis) is 1. The molecule has 0 unspecified atom stereocenters. The molecule has 7 heteroatoms. The molecule has 0 aliphatic heterocycles. The first-order valence-corrected chi connectivity index (χ1v) is 8.35. The normalized spacial score (nSPS) is 11.6. The van der Waals surface area contributed by atoms with Gasteiger partial charge in [-0.3, -0.25) is 9.59 Å². The maximum Gasteiger partial charge on any atom is 0.408 e. The molecule has 2 amide bonds. The number of hydrogen-bond donors (Lipinski definition) is 3. The van der Waals surface area contributed by atoms with Crippen LogP contribution in [-0.2, 0) is 20.9 Å². The van der Waals surface area contributed by atoms with Gasteiger partial charge in [-0.1, -0.05) is 44.2 Å². The Hall–Kier alpha value is -2.57. The molecule has 0 spiro atoms. The molecule has 0 saturated heterocycles. The number of amides is 2. The Kier molecular flexibility index (Phi) is 9.06. The van der Waals surface area contributed by atoms with Gasteiger partial charge in [0, 0.05) is 13.0 Å². The van der Waals surface area contributed by atoms with Gasteiger partial charge in [-0.2, -0.15) is 0 Å². The second-order valence-electron chi connectivity index (χ2n) is 6.16. The molecule has 1 atom stereocenters. The van der Waals surface area contributed by atoms with Gasteiger partial charge in [-0.15, -0.1) is 0 Å². The lowest BCUT2D eigenvalue weighted by atomic mass is 10.1. The average molecular weight is 350 g/mol. The minimum atomic E-state index is -1.03.